The predicted octanol–water partition coefficient (Wildman–Crippen LogP) is 2.99. The third kappa shape index (κ3) is 5.22. The summed E-state index contributed by atoms with van der Waals surface area (Å²) in [7, 11) is -2.62. The molecule has 4 rings (SSSR count). The monoisotopic (exact) mass is 549 g/mol. The molecule has 0 bridgehead atoms. The van der Waals surface area contributed by atoms with E-state index in [-0.39, 0.29) is 44.1 Å². The number of nitrogens with one attached hydrogen (secondary N) is 1. The second kappa shape index (κ2) is 10.2. The molecule has 1 aliphatic heterocycles. The molecular weight excluding hydrogens is 522 g/mol. The Bertz CT molecular complexity index is 1540. The summed E-state index contributed by atoms with van der Waals surface area (Å²) in [6.45, 7) is 5.89. The van der Waals surface area contributed by atoms with Gasteiger partial charge in [0.15, 0.2) is 0 Å². The molecule has 2 aromatic heterocycles. The molecule has 37 heavy (non-hydrogen) atoms. The van der Waals surface area contributed by atoms with Crippen LogP contribution in [0, 0.1) is 28.9 Å². The molecule has 2 unspecified atom stereocenters. The molecule has 0 aliphatic carbocycles. The first kappa shape index (κ1) is 26.7. The van der Waals surface area contributed by atoms with Crippen molar-refractivity contribution in [2.75, 3.05) is 25.5 Å². The number of carbonyl (C=O) groups excluding carboxylic acids is 1. The normalized spacial score (nSPS) is 18.6. The highest BCUT2D eigenvalue weighted by atomic mass is 32.2. The van der Waals surface area contributed by atoms with Crippen LogP contribution in [-0.4, -0.2) is 53.3 Å². The maximum Gasteiger partial charge on any atom is 0.271 e. The molecule has 12 nitrogen and oxygen atoms in total. The molecule has 1 saturated heterocycles. The van der Waals surface area contributed by atoms with Gasteiger partial charge in [-0.1, -0.05) is 13.8 Å². The van der Waals surface area contributed by atoms with Gasteiger partial charge in [-0.05, 0) is 31.2 Å². The number of fused-ring (bicyclic) bond motifs is 1. The van der Waals surface area contributed by atoms with Crippen molar-refractivity contribution in [1.82, 2.24) is 13.9 Å². The summed E-state index contributed by atoms with van der Waals surface area (Å²) < 4.78 is 34.9. The van der Waals surface area contributed by atoms with Crippen LogP contribution in [-0.2, 0) is 21.4 Å². The fraction of sp³-hybridized carbons (Fsp3) is 0.435. The van der Waals surface area contributed by atoms with Gasteiger partial charge in [0.1, 0.15) is 22.0 Å². The van der Waals surface area contributed by atoms with Crippen LogP contribution in [0.3, 0.4) is 0 Å². The summed E-state index contributed by atoms with van der Waals surface area (Å²) in [5, 5.41) is 13.6. The summed E-state index contributed by atoms with van der Waals surface area (Å²) in [5.74, 6) is -0.0928. The number of sulfonamides is 1. The van der Waals surface area contributed by atoms with Gasteiger partial charge in [0.05, 0.1) is 29.4 Å². The highest BCUT2D eigenvalue weighted by Crippen LogP contribution is 2.35. The number of carbonyl (C=O) groups is 1. The Morgan fingerprint density at radius 2 is 1.97 bits per heavy atom. The van der Waals surface area contributed by atoms with Crippen LogP contribution in [0.1, 0.15) is 25.1 Å². The van der Waals surface area contributed by atoms with Gasteiger partial charge in [-0.15, -0.1) is 11.3 Å². The standard InChI is InChI=1S/C23H27N5O7S2/c1-13-7-14(2)10-27(9-13)37(33,34)21-15(3)36-22-20(21)23(30)26(12-24-22)11-19(29)25-17-8-16(28(31)32)5-6-18(17)35-4/h5-6,8,12-14H,7,9-11H2,1-4H3,(H,25,29). The minimum atomic E-state index is -3.97. The fourth-order valence-corrected chi connectivity index (χ4v) is 8.07. The Morgan fingerprint density at radius 1 is 1.30 bits per heavy atom. The molecule has 0 saturated carbocycles. The number of rotatable bonds is 7. The number of hydrogen-bond donors (Lipinski definition) is 1. The SMILES string of the molecule is COc1ccc([N+](=O)[O-])cc1NC(=O)Cn1cnc2sc(C)c(S(=O)(=O)N3CC(C)CC(C)C3)c2c1=O. The number of hydrogen-bond acceptors (Lipinski definition) is 9. The average molecular weight is 550 g/mol. The molecule has 3 heterocycles. The van der Waals surface area contributed by atoms with Gasteiger partial charge in [-0.2, -0.15) is 4.31 Å². The van der Waals surface area contributed by atoms with E-state index >= 15 is 0 Å². The summed E-state index contributed by atoms with van der Waals surface area (Å²) in [4.78, 5) is 41.6. The highest BCUT2D eigenvalue weighted by molar-refractivity contribution is 7.89. The lowest BCUT2D eigenvalue weighted by Gasteiger charge is -2.34. The number of nitro benzene ring substituents is 1. The maximum absolute atomic E-state index is 13.7. The minimum Gasteiger partial charge on any atom is -0.495 e. The molecule has 1 aromatic carbocycles. The summed E-state index contributed by atoms with van der Waals surface area (Å²) in [6.07, 6.45) is 2.11. The number of thiophene rings is 1. The summed E-state index contributed by atoms with van der Waals surface area (Å²) >= 11 is 1.11. The van der Waals surface area contributed by atoms with Crippen LogP contribution in [0.4, 0.5) is 11.4 Å². The number of methoxy groups -OCH3 is 1. The van der Waals surface area contributed by atoms with Crippen molar-refractivity contribution in [3.63, 3.8) is 0 Å². The van der Waals surface area contributed by atoms with Gasteiger partial charge in [-0.3, -0.25) is 24.3 Å². The molecule has 0 radical (unpaired) electrons. The van der Waals surface area contributed by atoms with E-state index in [1.165, 1.54) is 29.9 Å². The van der Waals surface area contributed by atoms with Crippen molar-refractivity contribution < 1.29 is 22.9 Å². The fourth-order valence-electron chi connectivity index (χ4n) is 4.72. The number of benzene rings is 1. The summed E-state index contributed by atoms with van der Waals surface area (Å²) in [6, 6.07) is 3.73. The first-order valence-corrected chi connectivity index (χ1v) is 13.8. The lowest BCUT2D eigenvalue weighted by atomic mass is 9.94. The van der Waals surface area contributed by atoms with Crippen molar-refractivity contribution in [3.8, 4) is 5.75 Å². The number of amides is 1. The highest BCUT2D eigenvalue weighted by Gasteiger charge is 2.36. The van der Waals surface area contributed by atoms with Crippen molar-refractivity contribution in [1.29, 1.82) is 0 Å². The molecule has 1 N–H and O–H groups in total. The largest absolute Gasteiger partial charge is 0.495 e. The molecule has 0 spiro atoms. The average Bonchev–Trinajstić information content (AvgIpc) is 3.17. The second-order valence-electron chi connectivity index (χ2n) is 9.30. The zero-order valence-corrected chi connectivity index (χ0v) is 22.4. The number of anilines is 1. The third-order valence-corrected chi connectivity index (χ3v) is 9.36. The Balaban J connectivity index is 1.68. The molecule has 2 atom stereocenters. The molecule has 1 aliphatic rings. The number of ether oxygens (including phenoxy) is 1. The van der Waals surface area contributed by atoms with Gasteiger partial charge >= 0.3 is 0 Å². The number of non-ortho nitro benzene ring substituents is 1. The van der Waals surface area contributed by atoms with Crippen molar-refractivity contribution in [3.05, 3.63) is 49.9 Å². The first-order chi connectivity index (χ1) is 17.4. The van der Waals surface area contributed by atoms with Gasteiger partial charge in [-0.25, -0.2) is 13.4 Å². The van der Waals surface area contributed by atoms with E-state index in [1.54, 1.807) is 6.92 Å². The van der Waals surface area contributed by atoms with Crippen LogP contribution in [0.5, 0.6) is 5.75 Å². The Kier molecular flexibility index (Phi) is 7.35. The van der Waals surface area contributed by atoms with E-state index in [0.717, 1.165) is 28.4 Å². The van der Waals surface area contributed by atoms with Crippen LogP contribution >= 0.6 is 11.3 Å². The van der Waals surface area contributed by atoms with E-state index in [1.807, 2.05) is 13.8 Å². The number of aromatic nitrogens is 2. The third-order valence-electron chi connectivity index (χ3n) is 6.21. The zero-order chi connectivity index (χ0) is 27.1. The van der Waals surface area contributed by atoms with E-state index in [2.05, 4.69) is 10.3 Å². The lowest BCUT2D eigenvalue weighted by molar-refractivity contribution is -0.384. The Morgan fingerprint density at radius 3 is 2.59 bits per heavy atom. The number of aryl methyl sites for hydroxylation is 1. The van der Waals surface area contributed by atoms with Crippen LogP contribution < -0.4 is 15.6 Å². The predicted molar refractivity (Wildman–Crippen MR) is 139 cm³/mol. The topological polar surface area (TPSA) is 154 Å². The Labute approximate surface area is 217 Å². The van der Waals surface area contributed by atoms with E-state index in [9.17, 15) is 28.1 Å². The number of nitro groups is 1. The van der Waals surface area contributed by atoms with Crippen LogP contribution in [0.15, 0.2) is 34.2 Å². The molecular formula is C23H27N5O7S2. The van der Waals surface area contributed by atoms with Gasteiger partial charge in [0.2, 0.25) is 15.9 Å². The smallest absolute Gasteiger partial charge is 0.271 e. The Hall–Kier alpha value is -3.36. The maximum atomic E-state index is 13.7. The molecule has 198 valence electrons. The molecule has 1 amide bonds. The van der Waals surface area contributed by atoms with Gasteiger partial charge in [0.25, 0.3) is 11.2 Å². The first-order valence-electron chi connectivity index (χ1n) is 11.5. The van der Waals surface area contributed by atoms with E-state index in [0.29, 0.717) is 18.0 Å². The van der Waals surface area contributed by atoms with Crippen LogP contribution in [0.2, 0.25) is 0 Å². The lowest BCUT2D eigenvalue weighted by Crippen LogP contribution is -2.42. The quantitative estimate of drug-likeness (QED) is 0.349. The van der Waals surface area contributed by atoms with Crippen molar-refractivity contribution in [2.45, 2.75) is 38.6 Å². The van der Waals surface area contributed by atoms with Gasteiger partial charge < -0.3 is 10.1 Å². The van der Waals surface area contributed by atoms with E-state index < -0.39 is 33.0 Å². The van der Waals surface area contributed by atoms with Crippen LogP contribution in [0.25, 0.3) is 10.2 Å². The van der Waals surface area contributed by atoms with E-state index in [4.69, 9.17) is 4.74 Å². The van der Waals surface area contributed by atoms with Gasteiger partial charge in [0, 0.05) is 30.1 Å². The second-order valence-corrected chi connectivity index (χ2v) is 12.4. The van der Waals surface area contributed by atoms with Crippen molar-refractivity contribution in [2.24, 2.45) is 11.8 Å². The summed E-state index contributed by atoms with van der Waals surface area (Å²) in [5.41, 5.74) is -0.847. The number of piperidine rings is 1. The zero-order valence-electron chi connectivity index (χ0n) is 20.8. The minimum absolute atomic E-state index is 0.0448. The molecule has 3 aromatic rings. The van der Waals surface area contributed by atoms with Crippen molar-refractivity contribution >= 4 is 48.9 Å². The number of nitrogens with zero attached hydrogens (tertiary/aromatic N) is 4. The molecule has 14 heteroatoms. The molecule has 1 fully saturated rings.